The predicted molar refractivity (Wildman–Crippen MR) is 132 cm³/mol. The molecule has 0 spiro atoms. The number of aromatic nitrogens is 2. The average Bonchev–Trinajstić information content (AvgIpc) is 3.51. The van der Waals surface area contributed by atoms with Crippen LogP contribution in [0.15, 0.2) is 60.1 Å². The summed E-state index contributed by atoms with van der Waals surface area (Å²) in [7, 11) is 0. The van der Waals surface area contributed by atoms with E-state index in [2.05, 4.69) is 10.2 Å². The number of carbonyl (C=O) groups excluding carboxylic acids is 2. The minimum atomic E-state index is -0.212. The molecule has 7 nitrogen and oxygen atoms in total. The Morgan fingerprint density at radius 1 is 1.21 bits per heavy atom. The lowest BCUT2D eigenvalue weighted by atomic mass is 9.97. The molecule has 2 amide bonds. The highest BCUT2D eigenvalue weighted by Crippen LogP contribution is 2.28. The van der Waals surface area contributed by atoms with Crippen LogP contribution in [-0.4, -0.2) is 52.7 Å². The van der Waals surface area contributed by atoms with E-state index in [0.717, 1.165) is 60.7 Å². The fraction of sp³-hybridized carbons (Fsp3) is 0.320. The molecule has 1 aliphatic heterocycles. The number of amides is 2. The number of nitrogens with two attached hydrogens (primary N) is 1. The van der Waals surface area contributed by atoms with Crippen LogP contribution in [0.5, 0.6) is 0 Å². The minimum Gasteiger partial charge on any atom is -0.369 e. The molecule has 1 atom stereocenters. The van der Waals surface area contributed by atoms with E-state index in [1.807, 2.05) is 64.8 Å². The molecular weight excluding hydrogens is 434 g/mol. The number of nitrogens with one attached hydrogen (secondary N) is 1. The number of thiophene rings is 1. The van der Waals surface area contributed by atoms with Gasteiger partial charge in [-0.25, -0.2) is 4.68 Å². The number of likely N-dealkylation sites (tertiary alicyclic amines) is 1. The lowest BCUT2D eigenvalue weighted by Gasteiger charge is -2.31. The highest BCUT2D eigenvalue weighted by atomic mass is 32.1. The first-order valence-corrected chi connectivity index (χ1v) is 12.1. The third-order valence-corrected chi connectivity index (χ3v) is 6.67. The lowest BCUT2D eigenvalue weighted by Crippen LogP contribution is -2.42. The summed E-state index contributed by atoms with van der Waals surface area (Å²) in [5.74, 6) is -0.394. The summed E-state index contributed by atoms with van der Waals surface area (Å²) in [6.07, 6.45) is 8.02. The number of para-hydroxylation sites is 1. The van der Waals surface area contributed by atoms with Crippen LogP contribution >= 0.6 is 11.3 Å². The number of rotatable bonds is 9. The molecule has 2 aromatic heterocycles. The quantitative estimate of drug-likeness (QED) is 0.376. The summed E-state index contributed by atoms with van der Waals surface area (Å²) < 4.78 is 1.84. The first-order chi connectivity index (χ1) is 16.1. The van der Waals surface area contributed by atoms with Crippen LogP contribution in [0, 0.1) is 5.92 Å². The van der Waals surface area contributed by atoms with E-state index < -0.39 is 0 Å². The molecular formula is C25H29N5O2S. The summed E-state index contributed by atoms with van der Waals surface area (Å²) >= 11 is 1.62. The molecule has 8 heteroatoms. The van der Waals surface area contributed by atoms with Gasteiger partial charge in [0.1, 0.15) is 5.69 Å². The van der Waals surface area contributed by atoms with Crippen molar-refractivity contribution in [3.63, 3.8) is 0 Å². The fourth-order valence-electron chi connectivity index (χ4n) is 4.06. The van der Waals surface area contributed by atoms with Crippen molar-refractivity contribution in [2.75, 3.05) is 26.2 Å². The average molecular weight is 464 g/mol. The highest BCUT2D eigenvalue weighted by molar-refractivity contribution is 7.13. The Hall–Kier alpha value is -3.23. The topological polar surface area (TPSA) is 93.3 Å². The van der Waals surface area contributed by atoms with Crippen molar-refractivity contribution in [1.29, 1.82) is 0 Å². The molecule has 0 saturated carbocycles. The van der Waals surface area contributed by atoms with E-state index in [1.54, 1.807) is 17.4 Å². The largest absolute Gasteiger partial charge is 0.369 e. The second kappa shape index (κ2) is 11.1. The molecule has 0 radical (unpaired) electrons. The van der Waals surface area contributed by atoms with Gasteiger partial charge in [0.2, 0.25) is 11.8 Å². The minimum absolute atomic E-state index is 0.0504. The zero-order valence-corrected chi connectivity index (χ0v) is 19.3. The van der Waals surface area contributed by atoms with Gasteiger partial charge in [0.15, 0.2) is 0 Å². The second-order valence-electron chi connectivity index (χ2n) is 8.21. The first-order valence-electron chi connectivity index (χ1n) is 11.3. The van der Waals surface area contributed by atoms with E-state index >= 15 is 0 Å². The van der Waals surface area contributed by atoms with E-state index in [1.165, 1.54) is 0 Å². The fourth-order valence-corrected chi connectivity index (χ4v) is 4.79. The number of piperidine rings is 1. The van der Waals surface area contributed by atoms with Crippen LogP contribution < -0.4 is 11.1 Å². The maximum Gasteiger partial charge on any atom is 0.244 e. The molecule has 1 unspecified atom stereocenters. The molecule has 1 saturated heterocycles. The number of hydrogen-bond acceptors (Lipinski definition) is 5. The normalized spacial score (nSPS) is 16.8. The summed E-state index contributed by atoms with van der Waals surface area (Å²) in [6, 6.07) is 13.9. The van der Waals surface area contributed by atoms with Crippen molar-refractivity contribution in [3.05, 3.63) is 65.7 Å². The summed E-state index contributed by atoms with van der Waals surface area (Å²) in [5, 5.41) is 9.72. The van der Waals surface area contributed by atoms with Gasteiger partial charge in [-0.05, 0) is 62.0 Å². The van der Waals surface area contributed by atoms with Gasteiger partial charge < -0.3 is 16.0 Å². The maximum absolute atomic E-state index is 12.4. The molecule has 1 aliphatic rings. The summed E-state index contributed by atoms with van der Waals surface area (Å²) in [5.41, 5.74) is 8.16. The number of nitrogens with zero attached hydrogens (tertiary/aromatic N) is 3. The Balaban J connectivity index is 1.33. The third-order valence-electron chi connectivity index (χ3n) is 5.79. The van der Waals surface area contributed by atoms with Crippen LogP contribution in [0.25, 0.3) is 22.3 Å². The van der Waals surface area contributed by atoms with Crippen LogP contribution in [0.1, 0.15) is 24.8 Å². The monoisotopic (exact) mass is 463 g/mol. The van der Waals surface area contributed by atoms with Gasteiger partial charge in [-0.15, -0.1) is 11.3 Å². The Kier molecular flexibility index (Phi) is 7.70. The standard InChI is InChI=1S/C25H29N5O2S/c26-25(32)20-7-4-14-29(17-20)15-6-13-27-23(31)12-11-19-18-30(21-8-2-1-3-9-21)28-24(19)22-10-5-16-33-22/h1-3,5,8-12,16,18,20H,4,6-7,13-15,17H2,(H2,26,32)(H,27,31)/b12-11+. The van der Waals surface area contributed by atoms with Crippen molar-refractivity contribution >= 4 is 29.2 Å². The molecule has 1 fully saturated rings. The Morgan fingerprint density at radius 2 is 2.06 bits per heavy atom. The van der Waals surface area contributed by atoms with Crippen molar-refractivity contribution in [2.24, 2.45) is 11.7 Å². The maximum atomic E-state index is 12.4. The van der Waals surface area contributed by atoms with Crippen LogP contribution in [-0.2, 0) is 9.59 Å². The van der Waals surface area contributed by atoms with E-state index in [0.29, 0.717) is 6.54 Å². The van der Waals surface area contributed by atoms with E-state index in [-0.39, 0.29) is 17.7 Å². The molecule has 3 N–H and O–H groups in total. The van der Waals surface area contributed by atoms with Gasteiger partial charge in [-0.2, -0.15) is 5.10 Å². The zero-order chi connectivity index (χ0) is 23.0. The molecule has 0 bridgehead atoms. The smallest absolute Gasteiger partial charge is 0.244 e. The van der Waals surface area contributed by atoms with Gasteiger partial charge in [0.25, 0.3) is 0 Å². The van der Waals surface area contributed by atoms with Crippen molar-refractivity contribution < 1.29 is 9.59 Å². The first kappa shape index (κ1) is 22.9. The van der Waals surface area contributed by atoms with E-state index in [9.17, 15) is 9.59 Å². The van der Waals surface area contributed by atoms with Crippen molar-refractivity contribution in [1.82, 2.24) is 20.0 Å². The lowest BCUT2D eigenvalue weighted by molar-refractivity contribution is -0.123. The second-order valence-corrected chi connectivity index (χ2v) is 9.16. The van der Waals surface area contributed by atoms with Gasteiger partial charge >= 0.3 is 0 Å². The molecule has 3 aromatic rings. The van der Waals surface area contributed by atoms with Gasteiger partial charge in [0, 0.05) is 30.9 Å². The van der Waals surface area contributed by atoms with Crippen LogP contribution in [0.4, 0.5) is 0 Å². The molecule has 33 heavy (non-hydrogen) atoms. The van der Waals surface area contributed by atoms with E-state index in [4.69, 9.17) is 10.8 Å². The van der Waals surface area contributed by atoms with Crippen molar-refractivity contribution in [2.45, 2.75) is 19.3 Å². The summed E-state index contributed by atoms with van der Waals surface area (Å²) in [4.78, 5) is 27.1. The number of benzene rings is 1. The number of hydrogen-bond donors (Lipinski definition) is 2. The third kappa shape index (κ3) is 6.18. The highest BCUT2D eigenvalue weighted by Gasteiger charge is 2.23. The van der Waals surface area contributed by atoms with Gasteiger partial charge in [-0.1, -0.05) is 24.3 Å². The molecule has 4 rings (SSSR count). The molecule has 1 aromatic carbocycles. The van der Waals surface area contributed by atoms with Crippen LogP contribution in [0.2, 0.25) is 0 Å². The SMILES string of the molecule is NC(=O)C1CCCN(CCCNC(=O)/C=C/c2cn(-c3ccccc3)nc2-c2cccs2)C1. The van der Waals surface area contributed by atoms with Gasteiger partial charge in [0.05, 0.1) is 16.5 Å². The van der Waals surface area contributed by atoms with Crippen LogP contribution in [0.3, 0.4) is 0 Å². The Labute approximate surface area is 197 Å². The van der Waals surface area contributed by atoms with Crippen molar-refractivity contribution in [3.8, 4) is 16.3 Å². The Bertz CT molecular complexity index is 1090. The number of primary amides is 1. The zero-order valence-electron chi connectivity index (χ0n) is 18.5. The predicted octanol–water partition coefficient (Wildman–Crippen LogP) is 3.32. The summed E-state index contributed by atoms with van der Waals surface area (Å²) in [6.45, 7) is 3.14. The number of carbonyl (C=O) groups is 2. The molecule has 0 aliphatic carbocycles. The molecule has 172 valence electrons. The molecule has 3 heterocycles. The van der Waals surface area contributed by atoms with Gasteiger partial charge in [-0.3, -0.25) is 9.59 Å². The Morgan fingerprint density at radius 3 is 2.82 bits per heavy atom.